The topological polar surface area (TPSA) is 235 Å². The summed E-state index contributed by atoms with van der Waals surface area (Å²) >= 11 is 0. The van der Waals surface area contributed by atoms with Gasteiger partial charge in [-0.25, -0.2) is 0 Å². The Morgan fingerprint density at radius 1 is 0.983 bits per heavy atom. The Morgan fingerprint density at radius 3 is 2.20 bits per heavy atom. The van der Waals surface area contributed by atoms with Crippen LogP contribution in [-0.4, -0.2) is 185 Å². The molecule has 3 fully saturated rings. The summed E-state index contributed by atoms with van der Waals surface area (Å²) < 4.78 is 37.8. The van der Waals surface area contributed by atoms with E-state index < -0.39 is 102 Å². The van der Waals surface area contributed by atoms with Gasteiger partial charge in [-0.15, -0.1) is 0 Å². The lowest BCUT2D eigenvalue weighted by Gasteiger charge is -2.48. The van der Waals surface area contributed by atoms with Gasteiger partial charge in [0.25, 0.3) is 0 Å². The predicted octanol–water partition coefficient (Wildman–Crippen LogP) is 0.736. The summed E-state index contributed by atoms with van der Waals surface area (Å²) in [6, 6.07) is -0.961. The molecule has 17 heteroatoms. The molecule has 346 valence electrons. The van der Waals surface area contributed by atoms with Gasteiger partial charge >= 0.3 is 5.97 Å². The number of rotatable bonds is 13. The molecule has 8 N–H and O–H groups in total. The van der Waals surface area contributed by atoms with Gasteiger partial charge in [0.15, 0.2) is 12.6 Å². The third-order valence-electron chi connectivity index (χ3n) is 13.2. The van der Waals surface area contributed by atoms with E-state index >= 15 is 0 Å². The van der Waals surface area contributed by atoms with Crippen molar-refractivity contribution in [2.24, 2.45) is 23.5 Å². The highest BCUT2D eigenvalue weighted by Gasteiger charge is 2.53. The van der Waals surface area contributed by atoms with Gasteiger partial charge in [-0.1, -0.05) is 20.8 Å². The number of carbonyl (C=O) groups is 2. The van der Waals surface area contributed by atoms with Gasteiger partial charge < -0.3 is 69.9 Å². The van der Waals surface area contributed by atoms with Gasteiger partial charge in [0, 0.05) is 64.1 Å². The van der Waals surface area contributed by atoms with E-state index in [1.807, 2.05) is 37.7 Å². The molecule has 0 aromatic carbocycles. The molecule has 0 aliphatic carbocycles. The van der Waals surface area contributed by atoms with E-state index in [0.29, 0.717) is 32.6 Å². The maximum Gasteiger partial charge on any atom is 0.311 e. The number of primary amides is 1. The number of ether oxygens (including phenoxy) is 6. The zero-order chi connectivity index (χ0) is 44.8. The van der Waals surface area contributed by atoms with E-state index in [-0.39, 0.29) is 43.7 Å². The number of hydrogen-bond acceptors (Lipinski definition) is 16. The molecule has 0 radical (unpaired) electrons. The van der Waals surface area contributed by atoms with Crippen LogP contribution in [0.5, 0.6) is 0 Å². The van der Waals surface area contributed by atoms with Crippen LogP contribution >= 0.6 is 0 Å². The van der Waals surface area contributed by atoms with Gasteiger partial charge in [-0.2, -0.15) is 0 Å². The second-order valence-electron chi connectivity index (χ2n) is 18.7. The monoisotopic (exact) mass is 849 g/mol. The first-order valence-electron chi connectivity index (χ1n) is 21.6. The Bertz CT molecular complexity index is 1330. The van der Waals surface area contributed by atoms with Crippen LogP contribution in [0.4, 0.5) is 0 Å². The number of carbonyl (C=O) groups excluding carboxylic acids is 2. The van der Waals surface area contributed by atoms with E-state index in [4.69, 9.17) is 34.2 Å². The second-order valence-corrected chi connectivity index (χ2v) is 18.7. The normalized spacial score (nSPS) is 45.1. The number of methoxy groups -OCH3 is 1. The van der Waals surface area contributed by atoms with Gasteiger partial charge in [0.1, 0.15) is 30.0 Å². The largest absolute Gasteiger partial charge is 0.459 e. The van der Waals surface area contributed by atoms with Crippen molar-refractivity contribution in [2.45, 2.75) is 192 Å². The Kier molecular flexibility index (Phi) is 19.0. The lowest BCUT2D eigenvalue weighted by molar-refractivity contribution is -0.318. The van der Waals surface area contributed by atoms with Gasteiger partial charge in [0.2, 0.25) is 5.91 Å². The summed E-state index contributed by atoms with van der Waals surface area (Å²) in [7, 11) is 5.25. The van der Waals surface area contributed by atoms with E-state index in [2.05, 4.69) is 5.32 Å². The molecule has 59 heavy (non-hydrogen) atoms. The maximum atomic E-state index is 14.4. The minimum atomic E-state index is -1.89. The highest BCUT2D eigenvalue weighted by atomic mass is 16.7. The summed E-state index contributed by atoms with van der Waals surface area (Å²) in [5, 5.41) is 62.5. The smallest absolute Gasteiger partial charge is 0.311 e. The van der Waals surface area contributed by atoms with Crippen molar-refractivity contribution in [3.63, 3.8) is 0 Å². The Morgan fingerprint density at radius 2 is 1.63 bits per heavy atom. The first-order valence-corrected chi connectivity index (χ1v) is 21.6. The molecule has 3 rings (SSSR count). The molecule has 0 bridgehead atoms. The van der Waals surface area contributed by atoms with Crippen LogP contribution < -0.4 is 11.1 Å². The maximum absolute atomic E-state index is 14.4. The molecular formula is C42H80N4O13. The fourth-order valence-corrected chi connectivity index (χ4v) is 9.46. The number of amides is 1. The second kappa shape index (κ2) is 21.7. The highest BCUT2D eigenvalue weighted by Crippen LogP contribution is 2.40. The average Bonchev–Trinajstić information content (AvgIpc) is 3.15. The van der Waals surface area contributed by atoms with Crippen molar-refractivity contribution in [2.75, 3.05) is 47.4 Å². The summed E-state index contributed by atoms with van der Waals surface area (Å²) in [6.45, 7) is 19.0. The van der Waals surface area contributed by atoms with Gasteiger partial charge in [-0.05, 0) is 87.7 Å². The number of aliphatic hydroxyl groups is 5. The molecule has 3 aliphatic heterocycles. The van der Waals surface area contributed by atoms with Crippen molar-refractivity contribution < 1.29 is 63.5 Å². The van der Waals surface area contributed by atoms with Crippen molar-refractivity contribution in [3.05, 3.63) is 0 Å². The summed E-state index contributed by atoms with van der Waals surface area (Å²) in [4.78, 5) is 29.7. The molecule has 17 nitrogen and oxygen atoms in total. The van der Waals surface area contributed by atoms with Crippen molar-refractivity contribution in [3.8, 4) is 0 Å². The number of hydrogen-bond donors (Lipinski definition) is 7. The molecule has 3 heterocycles. The van der Waals surface area contributed by atoms with Crippen molar-refractivity contribution in [1.29, 1.82) is 0 Å². The first kappa shape index (κ1) is 51.8. The van der Waals surface area contributed by atoms with Crippen molar-refractivity contribution >= 4 is 11.9 Å². The Hall–Kier alpha value is -1.58. The first-order chi connectivity index (χ1) is 27.3. The minimum absolute atomic E-state index is 0.106. The quantitative estimate of drug-likeness (QED) is 0.100. The summed E-state index contributed by atoms with van der Waals surface area (Å²) in [5.41, 5.74) is 0.755. The molecule has 0 aromatic rings. The number of nitrogens with one attached hydrogen (secondary N) is 1. The summed E-state index contributed by atoms with van der Waals surface area (Å²) in [5.74, 6) is -3.25. The van der Waals surface area contributed by atoms with E-state index in [1.54, 1.807) is 48.5 Å². The third kappa shape index (κ3) is 13.0. The van der Waals surface area contributed by atoms with Crippen LogP contribution in [0.3, 0.4) is 0 Å². The standard InChI is InChI=1S/C42H80N4O13/c1-14-30-42(10,53)35(49)27(6)46(18-17-44-16-15-31(43)47)22-23(2)20-40(8,52)37(59-39-33(48)29(45(11)12)19-24(3)55-39)25(4)34(26(5)38(51)57-30)58-32-21-41(9,54-13)36(50)28(7)56-32/h23-30,32-37,39,44,48-50,52-53H,14-22H2,1-13H3,(H2,43,47)/t23-,24-,25+,26-,27-,28+,29+,30-,32+,33-,34+,35-,36+,37-,39+,40-,41-,42-/m1/s1. The van der Waals surface area contributed by atoms with Gasteiger partial charge in [0.05, 0.1) is 41.5 Å². The third-order valence-corrected chi connectivity index (χ3v) is 13.2. The SMILES string of the molecule is CC[C@H]1OC(=O)[C@H](C)[C@@H](O[C@H]2C[C@@](C)(OC)[C@@H](O)[C@H](C)O2)[C@H](C)[C@@H](O[C@@H]2O[C@H](C)C[C@H](N(C)C)[C@H]2O)[C@](C)(O)C[C@@H](C)CN(CCNCCC(N)=O)[C@H](C)[C@@H](O)[C@]1(C)O. The minimum Gasteiger partial charge on any atom is -0.459 e. The molecule has 0 saturated carbocycles. The van der Waals surface area contributed by atoms with Crippen LogP contribution in [-0.2, 0) is 38.0 Å². The average molecular weight is 849 g/mol. The molecule has 0 spiro atoms. The van der Waals surface area contributed by atoms with Crippen LogP contribution in [0.2, 0.25) is 0 Å². The van der Waals surface area contributed by atoms with Crippen LogP contribution in [0.1, 0.15) is 101 Å². The molecule has 3 aliphatic rings. The van der Waals surface area contributed by atoms with E-state index in [1.165, 1.54) is 14.0 Å². The van der Waals surface area contributed by atoms with Crippen molar-refractivity contribution in [1.82, 2.24) is 15.1 Å². The highest BCUT2D eigenvalue weighted by molar-refractivity contribution is 5.74. The number of nitrogens with two attached hydrogens (primary N) is 1. The predicted molar refractivity (Wildman–Crippen MR) is 220 cm³/mol. The van der Waals surface area contributed by atoms with E-state index in [0.717, 1.165) is 0 Å². The molecule has 1 amide bonds. The summed E-state index contributed by atoms with van der Waals surface area (Å²) in [6.07, 6.45) is -8.70. The lowest BCUT2D eigenvalue weighted by Crippen LogP contribution is -2.60. The zero-order valence-electron chi connectivity index (χ0n) is 38.0. The molecule has 3 saturated heterocycles. The fourth-order valence-electron chi connectivity index (χ4n) is 9.46. The number of aliphatic hydroxyl groups excluding tert-OH is 3. The Balaban J connectivity index is 2.17. The molecule has 0 unspecified atom stereocenters. The van der Waals surface area contributed by atoms with Crippen LogP contribution in [0, 0.1) is 17.8 Å². The lowest BCUT2D eigenvalue weighted by atomic mass is 9.77. The van der Waals surface area contributed by atoms with Gasteiger partial charge in [-0.3, -0.25) is 14.5 Å². The number of cyclic esters (lactones) is 1. The number of nitrogens with zero attached hydrogens (tertiary/aromatic N) is 2. The number of likely N-dealkylation sites (N-methyl/N-ethyl adjacent to an activating group) is 1. The van der Waals surface area contributed by atoms with E-state index in [9.17, 15) is 35.1 Å². The number of esters is 1. The van der Waals surface area contributed by atoms with Crippen LogP contribution in [0.15, 0.2) is 0 Å². The zero-order valence-corrected chi connectivity index (χ0v) is 38.0. The van der Waals surface area contributed by atoms with Crippen LogP contribution in [0.25, 0.3) is 0 Å². The fraction of sp³-hybridized carbons (Fsp3) is 0.952. The Labute approximate surface area is 352 Å². The molecular weight excluding hydrogens is 768 g/mol. The molecule has 18 atom stereocenters. The molecule has 0 aromatic heterocycles.